The van der Waals surface area contributed by atoms with Gasteiger partial charge in [-0.1, -0.05) is 41.9 Å². The molecule has 1 aliphatic carbocycles. The zero-order valence-corrected chi connectivity index (χ0v) is 27.8. The molecule has 3 heterocycles. The van der Waals surface area contributed by atoms with Crippen molar-refractivity contribution in [3.8, 4) is 22.8 Å². The lowest BCUT2D eigenvalue weighted by atomic mass is 9.85. The average Bonchev–Trinajstić information content (AvgIpc) is 3.50. The van der Waals surface area contributed by atoms with Gasteiger partial charge in [0.1, 0.15) is 17.1 Å². The van der Waals surface area contributed by atoms with Crippen LogP contribution in [0, 0.1) is 5.92 Å². The number of nitrogens with zero attached hydrogens (tertiary/aromatic N) is 4. The maximum Gasteiger partial charge on any atom is 0.490 e. The molecule has 0 radical (unpaired) electrons. The number of anilines is 1. The molecule has 2 aliphatic rings. The van der Waals surface area contributed by atoms with Crippen molar-refractivity contribution in [2.75, 3.05) is 52.3 Å². The molecule has 0 spiro atoms. The summed E-state index contributed by atoms with van der Waals surface area (Å²) < 4.78 is 44.7. The van der Waals surface area contributed by atoms with Crippen molar-refractivity contribution in [2.45, 2.75) is 44.4 Å². The molecule has 48 heavy (non-hydrogen) atoms. The Morgan fingerprint density at radius 2 is 1.60 bits per heavy atom. The Morgan fingerprint density at radius 1 is 0.958 bits per heavy atom. The number of imidazole rings is 1. The Kier molecular flexibility index (Phi) is 11.7. The summed E-state index contributed by atoms with van der Waals surface area (Å²) >= 11 is 6.41. The van der Waals surface area contributed by atoms with Gasteiger partial charge in [-0.05, 0) is 49.3 Å². The fourth-order valence-electron chi connectivity index (χ4n) is 6.32. The summed E-state index contributed by atoms with van der Waals surface area (Å²) in [6.45, 7) is 7.02. The first-order valence-corrected chi connectivity index (χ1v) is 16.4. The maximum atomic E-state index is 10.6. The molecule has 4 aromatic rings. The van der Waals surface area contributed by atoms with Crippen LogP contribution in [0.3, 0.4) is 0 Å². The van der Waals surface area contributed by atoms with Crippen molar-refractivity contribution in [3.63, 3.8) is 0 Å². The lowest BCUT2D eigenvalue weighted by molar-refractivity contribution is -0.192. The van der Waals surface area contributed by atoms with Crippen LogP contribution in [-0.2, 0) is 11.3 Å². The maximum absolute atomic E-state index is 10.6. The van der Waals surface area contributed by atoms with Gasteiger partial charge < -0.3 is 29.2 Å². The second-order valence-electron chi connectivity index (χ2n) is 12.2. The molecule has 2 aromatic heterocycles. The van der Waals surface area contributed by atoms with E-state index in [-0.39, 0.29) is 0 Å². The number of alkyl halides is 3. The number of benzene rings is 2. The van der Waals surface area contributed by atoms with Crippen LogP contribution in [0.25, 0.3) is 16.9 Å². The molecule has 2 aromatic carbocycles. The van der Waals surface area contributed by atoms with Gasteiger partial charge in [0.15, 0.2) is 0 Å². The van der Waals surface area contributed by atoms with Gasteiger partial charge in [-0.2, -0.15) is 13.2 Å². The summed E-state index contributed by atoms with van der Waals surface area (Å²) in [6, 6.07) is 19.3. The number of nitrogens with one attached hydrogen (secondary N) is 1. The third kappa shape index (κ3) is 9.33. The largest absolute Gasteiger partial charge is 0.496 e. The molecular weight excluding hydrogens is 647 g/mol. The molecule has 6 rings (SSSR count). The van der Waals surface area contributed by atoms with Crippen LogP contribution >= 0.6 is 11.6 Å². The molecule has 2 N–H and O–H groups in total. The van der Waals surface area contributed by atoms with E-state index in [0.717, 1.165) is 35.1 Å². The molecule has 1 aliphatic heterocycles. The fraction of sp³-hybridized carbons (Fsp3) is 0.429. The summed E-state index contributed by atoms with van der Waals surface area (Å²) in [5.41, 5.74) is 5.07. The van der Waals surface area contributed by atoms with Gasteiger partial charge in [0.25, 0.3) is 0 Å². The van der Waals surface area contributed by atoms with E-state index in [0.29, 0.717) is 22.6 Å². The number of carbonyl (C=O) groups is 1. The van der Waals surface area contributed by atoms with Gasteiger partial charge in [-0.15, -0.1) is 0 Å². The molecule has 13 heteroatoms. The molecule has 0 bridgehead atoms. The van der Waals surface area contributed by atoms with Gasteiger partial charge in [0, 0.05) is 81.1 Å². The smallest absolute Gasteiger partial charge is 0.490 e. The van der Waals surface area contributed by atoms with E-state index < -0.39 is 12.1 Å². The van der Waals surface area contributed by atoms with Crippen molar-refractivity contribution in [1.29, 1.82) is 0 Å². The summed E-state index contributed by atoms with van der Waals surface area (Å²) in [4.78, 5) is 19.1. The van der Waals surface area contributed by atoms with Crippen molar-refractivity contribution in [2.24, 2.45) is 5.92 Å². The molecule has 1 saturated carbocycles. The van der Waals surface area contributed by atoms with Crippen molar-refractivity contribution in [1.82, 2.24) is 19.2 Å². The lowest BCUT2D eigenvalue weighted by Gasteiger charge is -2.38. The van der Waals surface area contributed by atoms with Crippen LogP contribution in [0.2, 0.25) is 5.02 Å². The standard InChI is InChI=1S/C33H40ClN5O2.C2HF3O2/c1-40-31-20-32(41-2)29(34)19-28(31)30-23-39-13-12-27(18-33(39)36-30)35-26-10-8-25(9-11-26)22-38-16-14-37(15-17-38)21-24-6-4-3-5-7-24;3-2(4,5)1(6)7/h3-7,12-13,18-20,23,25-26,35H,8-11,14-17,21-22H2,1-2H3;(H,6,7)/t25-,26-;. The van der Waals surface area contributed by atoms with Gasteiger partial charge >= 0.3 is 12.1 Å². The highest BCUT2D eigenvalue weighted by Crippen LogP contribution is 2.38. The predicted molar refractivity (Wildman–Crippen MR) is 180 cm³/mol. The number of aromatic nitrogens is 2. The van der Waals surface area contributed by atoms with Gasteiger partial charge in [-0.25, -0.2) is 9.78 Å². The Hall–Kier alpha value is -4.00. The number of hydrogen-bond acceptors (Lipinski definition) is 7. The summed E-state index contributed by atoms with van der Waals surface area (Å²) in [5, 5.41) is 11.4. The average molecular weight is 688 g/mol. The molecule has 0 unspecified atom stereocenters. The van der Waals surface area contributed by atoms with Crippen LogP contribution in [0.4, 0.5) is 18.9 Å². The highest BCUT2D eigenvalue weighted by molar-refractivity contribution is 6.32. The van der Waals surface area contributed by atoms with E-state index in [1.807, 2.05) is 16.7 Å². The Morgan fingerprint density at radius 3 is 2.23 bits per heavy atom. The molecule has 1 saturated heterocycles. The van der Waals surface area contributed by atoms with E-state index in [1.165, 1.54) is 64.0 Å². The number of hydrogen-bond donors (Lipinski definition) is 2. The van der Waals surface area contributed by atoms with Crippen LogP contribution in [0.5, 0.6) is 11.5 Å². The number of ether oxygens (including phenoxy) is 2. The van der Waals surface area contributed by atoms with Gasteiger partial charge in [0.2, 0.25) is 0 Å². The number of methoxy groups -OCH3 is 2. The zero-order valence-electron chi connectivity index (χ0n) is 27.0. The minimum Gasteiger partial charge on any atom is -0.496 e. The van der Waals surface area contributed by atoms with E-state index in [4.69, 9.17) is 36.0 Å². The summed E-state index contributed by atoms with van der Waals surface area (Å²) in [5.74, 6) is -0.692. The SMILES string of the molecule is COc1cc(OC)c(-c2cn3ccc(N[C@H]4CC[C@H](CN5CCN(Cc6ccccc6)CC5)CC4)cc3n2)cc1Cl.O=C(O)C(F)(F)F. The second-order valence-corrected chi connectivity index (χ2v) is 12.6. The van der Waals surface area contributed by atoms with Crippen molar-refractivity contribution >= 4 is 28.9 Å². The van der Waals surface area contributed by atoms with Gasteiger partial charge in [-0.3, -0.25) is 4.90 Å². The minimum atomic E-state index is -5.08. The normalized spacial score (nSPS) is 19.0. The quantitative estimate of drug-likeness (QED) is 0.193. The lowest BCUT2D eigenvalue weighted by Crippen LogP contribution is -2.47. The van der Waals surface area contributed by atoms with E-state index >= 15 is 0 Å². The first kappa shape index (κ1) is 35.3. The predicted octanol–water partition coefficient (Wildman–Crippen LogP) is 7.09. The molecule has 2 fully saturated rings. The molecule has 0 amide bonds. The molecule has 258 valence electrons. The Balaban J connectivity index is 0.000000582. The number of aliphatic carboxylic acids is 1. The Labute approximate surface area is 283 Å². The first-order chi connectivity index (χ1) is 23.0. The number of halogens is 4. The topological polar surface area (TPSA) is 91.6 Å². The molecule has 0 atom stereocenters. The third-order valence-electron chi connectivity index (χ3n) is 8.90. The van der Waals surface area contributed by atoms with E-state index in [9.17, 15) is 13.2 Å². The van der Waals surface area contributed by atoms with Crippen LogP contribution in [0.15, 0.2) is 67.0 Å². The number of piperazine rings is 1. The highest BCUT2D eigenvalue weighted by atomic mass is 35.5. The number of fused-ring (bicyclic) bond motifs is 1. The number of carboxylic acid groups (broad SMARTS) is 1. The van der Waals surface area contributed by atoms with Crippen LogP contribution in [-0.4, -0.2) is 89.4 Å². The number of rotatable bonds is 9. The van der Waals surface area contributed by atoms with E-state index in [2.05, 4.69) is 63.8 Å². The second kappa shape index (κ2) is 15.9. The fourth-order valence-corrected chi connectivity index (χ4v) is 6.56. The molecular formula is C35H41ClF3N5O4. The zero-order chi connectivity index (χ0) is 34.3. The van der Waals surface area contributed by atoms with Crippen molar-refractivity contribution in [3.05, 3.63) is 77.6 Å². The minimum absolute atomic E-state index is 0.506. The van der Waals surface area contributed by atoms with Crippen molar-refractivity contribution < 1.29 is 32.5 Å². The monoisotopic (exact) mass is 687 g/mol. The highest BCUT2D eigenvalue weighted by Gasteiger charge is 2.38. The number of carboxylic acids is 1. The summed E-state index contributed by atoms with van der Waals surface area (Å²) in [6.07, 6.45) is 3.99. The van der Waals surface area contributed by atoms with Gasteiger partial charge in [0.05, 0.1) is 24.9 Å². The molecule has 9 nitrogen and oxygen atoms in total. The Bertz CT molecular complexity index is 1650. The third-order valence-corrected chi connectivity index (χ3v) is 9.20. The summed E-state index contributed by atoms with van der Waals surface area (Å²) in [7, 11) is 3.24. The van der Waals surface area contributed by atoms with Crippen LogP contribution in [0.1, 0.15) is 31.2 Å². The van der Waals surface area contributed by atoms with Crippen LogP contribution < -0.4 is 14.8 Å². The van der Waals surface area contributed by atoms with E-state index in [1.54, 1.807) is 20.3 Å². The first-order valence-electron chi connectivity index (χ1n) is 16.0. The number of pyridine rings is 1.